The Balaban J connectivity index is 1.58. The smallest absolute Gasteiger partial charge is 0.272 e. The lowest BCUT2D eigenvalue weighted by atomic mass is 9.85. The molecule has 186 valence electrons. The van der Waals surface area contributed by atoms with Crippen LogP contribution >= 0.6 is 0 Å². The Kier molecular flexibility index (Phi) is 6.12. The molecule has 5 atom stereocenters. The Morgan fingerprint density at radius 2 is 1.97 bits per heavy atom. The molecule has 9 heteroatoms. The van der Waals surface area contributed by atoms with Crippen molar-refractivity contribution in [2.75, 3.05) is 6.54 Å². The predicted octanol–water partition coefficient (Wildman–Crippen LogP) is 2.38. The first-order valence-electron chi connectivity index (χ1n) is 12.2. The molecule has 2 aromatic rings. The van der Waals surface area contributed by atoms with Crippen molar-refractivity contribution in [1.82, 2.24) is 25.1 Å². The van der Waals surface area contributed by atoms with E-state index in [-0.39, 0.29) is 34.8 Å². The number of rotatable bonds is 6. The van der Waals surface area contributed by atoms with Crippen LogP contribution in [0.3, 0.4) is 0 Å². The standard InChI is InChI=1S/C26H34N6O3/c1-7-15(13-27)28-23(34)20-19-17(26(19,5)6)14-31(20)24(35)21(25(2,3)4)29-22(33)18-12-16-10-8-9-11-32(16)30-18/h8-12,15,17,19-21H,7,14H2,1-6H3,(H,28,34)(H,29,33)/t15-,17-,19-,20-,21+/m0/s1. The molecule has 1 saturated carbocycles. The Morgan fingerprint density at radius 3 is 2.57 bits per heavy atom. The number of carbonyl (C=O) groups excluding carboxylic acids is 3. The molecule has 0 unspecified atom stereocenters. The van der Waals surface area contributed by atoms with E-state index in [1.165, 1.54) is 0 Å². The van der Waals surface area contributed by atoms with Gasteiger partial charge in [-0.05, 0) is 47.3 Å². The van der Waals surface area contributed by atoms with E-state index >= 15 is 0 Å². The van der Waals surface area contributed by atoms with E-state index in [2.05, 4.69) is 35.6 Å². The van der Waals surface area contributed by atoms with Gasteiger partial charge >= 0.3 is 0 Å². The number of piperidine rings is 1. The summed E-state index contributed by atoms with van der Waals surface area (Å²) in [7, 11) is 0. The molecule has 0 radical (unpaired) electrons. The van der Waals surface area contributed by atoms with Gasteiger partial charge < -0.3 is 15.5 Å². The second-order valence-electron chi connectivity index (χ2n) is 11.4. The van der Waals surface area contributed by atoms with E-state index in [4.69, 9.17) is 0 Å². The molecule has 0 spiro atoms. The van der Waals surface area contributed by atoms with E-state index in [0.29, 0.717) is 13.0 Å². The van der Waals surface area contributed by atoms with Gasteiger partial charge in [0.15, 0.2) is 5.69 Å². The van der Waals surface area contributed by atoms with Crippen LogP contribution in [0.25, 0.3) is 5.52 Å². The zero-order valence-corrected chi connectivity index (χ0v) is 21.2. The lowest BCUT2D eigenvalue weighted by Gasteiger charge is -2.37. The maximum Gasteiger partial charge on any atom is 0.272 e. The van der Waals surface area contributed by atoms with Crippen LogP contribution in [0.4, 0.5) is 0 Å². The summed E-state index contributed by atoms with van der Waals surface area (Å²) in [5.74, 6) is -0.799. The molecule has 3 amide bonds. The van der Waals surface area contributed by atoms with Gasteiger partial charge in [0.05, 0.1) is 11.6 Å². The molecule has 1 saturated heterocycles. The molecule has 3 heterocycles. The maximum absolute atomic E-state index is 13.9. The summed E-state index contributed by atoms with van der Waals surface area (Å²) < 4.78 is 1.61. The number of nitrogens with one attached hydrogen (secondary N) is 2. The number of fused-ring (bicyclic) bond motifs is 2. The summed E-state index contributed by atoms with van der Waals surface area (Å²) in [6.45, 7) is 12.2. The van der Waals surface area contributed by atoms with Gasteiger partial charge in [-0.1, -0.05) is 47.6 Å². The minimum absolute atomic E-state index is 0.0254. The highest BCUT2D eigenvalue weighted by molar-refractivity contribution is 5.98. The fourth-order valence-corrected chi connectivity index (χ4v) is 5.36. The van der Waals surface area contributed by atoms with E-state index in [1.807, 2.05) is 45.9 Å². The summed E-state index contributed by atoms with van der Waals surface area (Å²) >= 11 is 0. The molecule has 1 aliphatic carbocycles. The number of likely N-dealkylation sites (tertiary alicyclic amines) is 1. The van der Waals surface area contributed by atoms with Crippen molar-refractivity contribution in [2.24, 2.45) is 22.7 Å². The highest BCUT2D eigenvalue weighted by Gasteiger charge is 2.69. The summed E-state index contributed by atoms with van der Waals surface area (Å²) in [4.78, 5) is 41.9. The number of carbonyl (C=O) groups is 3. The third-order valence-electron chi connectivity index (χ3n) is 7.63. The number of hydrogen-bond acceptors (Lipinski definition) is 5. The molecule has 2 aliphatic rings. The fraction of sp³-hybridized carbons (Fsp3) is 0.577. The van der Waals surface area contributed by atoms with Crippen LogP contribution in [-0.4, -0.2) is 56.9 Å². The van der Waals surface area contributed by atoms with Crippen molar-refractivity contribution >= 4 is 23.2 Å². The summed E-state index contributed by atoms with van der Waals surface area (Å²) in [5.41, 5.74) is 0.341. The number of aromatic nitrogens is 2. The van der Waals surface area contributed by atoms with Crippen LogP contribution in [0.5, 0.6) is 0 Å². The first-order valence-corrected chi connectivity index (χ1v) is 12.2. The van der Waals surface area contributed by atoms with Crippen molar-refractivity contribution in [3.05, 3.63) is 36.2 Å². The molecule has 9 nitrogen and oxygen atoms in total. The lowest BCUT2D eigenvalue weighted by Crippen LogP contribution is -2.59. The number of pyridine rings is 1. The van der Waals surface area contributed by atoms with E-state index in [0.717, 1.165) is 5.52 Å². The number of nitrogens with zero attached hydrogens (tertiary/aromatic N) is 4. The zero-order valence-electron chi connectivity index (χ0n) is 21.2. The molecule has 35 heavy (non-hydrogen) atoms. The van der Waals surface area contributed by atoms with Crippen LogP contribution in [-0.2, 0) is 9.59 Å². The lowest BCUT2D eigenvalue weighted by molar-refractivity contribution is -0.143. The Bertz CT molecular complexity index is 1170. The van der Waals surface area contributed by atoms with Crippen molar-refractivity contribution in [3.8, 4) is 6.07 Å². The van der Waals surface area contributed by atoms with Gasteiger partial charge in [-0.3, -0.25) is 14.4 Å². The number of amides is 3. The quantitative estimate of drug-likeness (QED) is 0.661. The summed E-state index contributed by atoms with van der Waals surface area (Å²) in [6, 6.07) is 7.19. The van der Waals surface area contributed by atoms with Gasteiger partial charge in [-0.15, -0.1) is 0 Å². The molecule has 2 aromatic heterocycles. The molecular weight excluding hydrogens is 444 g/mol. The predicted molar refractivity (Wildman–Crippen MR) is 130 cm³/mol. The molecule has 0 bridgehead atoms. The van der Waals surface area contributed by atoms with Gasteiger partial charge in [-0.25, -0.2) is 4.52 Å². The minimum atomic E-state index is -0.853. The van der Waals surface area contributed by atoms with E-state index < -0.39 is 29.4 Å². The largest absolute Gasteiger partial charge is 0.339 e. The highest BCUT2D eigenvalue weighted by Crippen LogP contribution is 2.65. The average molecular weight is 479 g/mol. The van der Waals surface area contributed by atoms with Crippen molar-refractivity contribution in [2.45, 2.75) is 66.1 Å². The van der Waals surface area contributed by atoms with Crippen LogP contribution in [0, 0.1) is 34.0 Å². The Morgan fingerprint density at radius 1 is 1.26 bits per heavy atom. The van der Waals surface area contributed by atoms with Crippen LogP contribution in [0.2, 0.25) is 0 Å². The van der Waals surface area contributed by atoms with Crippen LogP contribution in [0.15, 0.2) is 30.5 Å². The van der Waals surface area contributed by atoms with Gasteiger partial charge in [0.1, 0.15) is 18.1 Å². The van der Waals surface area contributed by atoms with Crippen molar-refractivity contribution in [1.29, 1.82) is 5.26 Å². The van der Waals surface area contributed by atoms with Gasteiger partial charge in [0.2, 0.25) is 11.8 Å². The number of hydrogen-bond donors (Lipinski definition) is 2. The molecule has 4 rings (SSSR count). The summed E-state index contributed by atoms with van der Waals surface area (Å²) in [6.07, 6.45) is 2.24. The highest BCUT2D eigenvalue weighted by atomic mass is 16.2. The molecule has 2 fully saturated rings. The van der Waals surface area contributed by atoms with Gasteiger partial charge in [0, 0.05) is 12.7 Å². The van der Waals surface area contributed by atoms with Crippen LogP contribution in [0.1, 0.15) is 58.5 Å². The Hall–Kier alpha value is -3.41. The monoisotopic (exact) mass is 478 g/mol. The topological polar surface area (TPSA) is 120 Å². The van der Waals surface area contributed by atoms with E-state index in [1.54, 1.807) is 21.7 Å². The Labute approximate surface area is 205 Å². The molecule has 2 N–H and O–H groups in total. The van der Waals surface area contributed by atoms with Crippen molar-refractivity contribution < 1.29 is 14.4 Å². The average Bonchev–Trinajstić information content (AvgIpc) is 3.19. The third kappa shape index (κ3) is 4.38. The van der Waals surface area contributed by atoms with Gasteiger partial charge in [-0.2, -0.15) is 10.4 Å². The zero-order chi connectivity index (χ0) is 25.7. The van der Waals surface area contributed by atoms with E-state index in [9.17, 15) is 19.6 Å². The van der Waals surface area contributed by atoms with Crippen LogP contribution < -0.4 is 10.6 Å². The van der Waals surface area contributed by atoms with Crippen molar-refractivity contribution in [3.63, 3.8) is 0 Å². The SMILES string of the molecule is CC[C@@H](C#N)NC(=O)[C@@H]1[C@@H]2[C@H](CN1C(=O)[C@@H](NC(=O)c1cc3ccccn3n1)C(C)(C)C)C2(C)C. The summed E-state index contributed by atoms with van der Waals surface area (Å²) in [5, 5.41) is 19.3. The second-order valence-corrected chi connectivity index (χ2v) is 11.4. The fourth-order valence-electron chi connectivity index (χ4n) is 5.36. The minimum Gasteiger partial charge on any atom is -0.339 e. The number of nitriles is 1. The molecular formula is C26H34N6O3. The second kappa shape index (κ2) is 8.67. The normalized spacial score (nSPS) is 24.3. The first kappa shape index (κ1) is 24.7. The third-order valence-corrected chi connectivity index (χ3v) is 7.63. The maximum atomic E-state index is 13.9. The molecule has 0 aromatic carbocycles. The molecule has 1 aliphatic heterocycles. The first-order chi connectivity index (χ1) is 16.4. The van der Waals surface area contributed by atoms with Gasteiger partial charge in [0.25, 0.3) is 5.91 Å².